The standard InChI is InChI=1S/C14H14ClFN2O2S/c1-8-4-3-5-11(15)14(8)18-21(19,20)13-7-10(17)6-12(16)9(13)2/h3-7,18H,17H2,1-2H3. The number of benzene rings is 2. The first kappa shape index (κ1) is 15.6. The number of nitrogens with two attached hydrogens (primary N) is 1. The number of anilines is 2. The van der Waals surface area contributed by atoms with Gasteiger partial charge in [-0.05, 0) is 37.6 Å². The summed E-state index contributed by atoms with van der Waals surface area (Å²) in [5.41, 5.74) is 6.48. The number of sulfonamides is 1. The van der Waals surface area contributed by atoms with Crippen molar-refractivity contribution in [1.82, 2.24) is 0 Å². The number of nitrogens with one attached hydrogen (secondary N) is 1. The van der Waals surface area contributed by atoms with Gasteiger partial charge >= 0.3 is 0 Å². The Hall–Kier alpha value is -1.79. The second-order valence-corrected chi connectivity index (χ2v) is 6.72. The zero-order valence-electron chi connectivity index (χ0n) is 11.4. The monoisotopic (exact) mass is 328 g/mol. The highest BCUT2D eigenvalue weighted by Crippen LogP contribution is 2.29. The van der Waals surface area contributed by atoms with Crippen molar-refractivity contribution in [1.29, 1.82) is 0 Å². The Morgan fingerprint density at radius 2 is 1.90 bits per heavy atom. The highest BCUT2D eigenvalue weighted by Gasteiger charge is 2.21. The number of halogens is 2. The lowest BCUT2D eigenvalue weighted by atomic mass is 10.2. The number of aryl methyl sites for hydroxylation is 1. The first-order chi connectivity index (χ1) is 9.72. The molecule has 3 N–H and O–H groups in total. The Kier molecular flexibility index (Phi) is 4.11. The van der Waals surface area contributed by atoms with Crippen LogP contribution in [0.4, 0.5) is 15.8 Å². The van der Waals surface area contributed by atoms with E-state index in [1.165, 1.54) is 13.0 Å². The molecule has 4 nitrogen and oxygen atoms in total. The fourth-order valence-corrected chi connectivity index (χ4v) is 3.67. The minimum Gasteiger partial charge on any atom is -0.399 e. The highest BCUT2D eigenvalue weighted by atomic mass is 35.5. The number of hydrogen-bond donors (Lipinski definition) is 2. The summed E-state index contributed by atoms with van der Waals surface area (Å²) in [5.74, 6) is -0.675. The number of nitrogen functional groups attached to an aromatic ring is 1. The molecule has 7 heteroatoms. The van der Waals surface area contributed by atoms with Crippen molar-refractivity contribution >= 4 is 33.0 Å². The molecule has 0 saturated carbocycles. The van der Waals surface area contributed by atoms with E-state index in [0.717, 1.165) is 6.07 Å². The molecule has 0 aliphatic heterocycles. The molecule has 2 aromatic rings. The molecular formula is C14H14ClFN2O2S. The molecular weight excluding hydrogens is 315 g/mol. The van der Waals surface area contributed by atoms with E-state index < -0.39 is 15.8 Å². The SMILES string of the molecule is Cc1cccc(Cl)c1NS(=O)(=O)c1cc(N)cc(F)c1C. The average Bonchev–Trinajstić information content (AvgIpc) is 2.38. The van der Waals surface area contributed by atoms with Gasteiger partial charge in [0.25, 0.3) is 10.0 Å². The Bertz CT molecular complexity index is 787. The van der Waals surface area contributed by atoms with Gasteiger partial charge in [-0.1, -0.05) is 23.7 Å². The van der Waals surface area contributed by atoms with E-state index in [0.29, 0.717) is 5.56 Å². The molecule has 112 valence electrons. The summed E-state index contributed by atoms with van der Waals surface area (Å²) < 4.78 is 40.9. The third-order valence-electron chi connectivity index (χ3n) is 3.07. The molecule has 0 saturated heterocycles. The van der Waals surface area contributed by atoms with Gasteiger partial charge in [-0.3, -0.25) is 4.72 Å². The molecule has 0 aliphatic carbocycles. The van der Waals surface area contributed by atoms with E-state index in [4.69, 9.17) is 17.3 Å². The summed E-state index contributed by atoms with van der Waals surface area (Å²) in [7, 11) is -3.99. The maximum atomic E-state index is 13.7. The molecule has 0 spiro atoms. The maximum Gasteiger partial charge on any atom is 0.262 e. The zero-order chi connectivity index (χ0) is 15.8. The van der Waals surface area contributed by atoms with Gasteiger partial charge < -0.3 is 5.73 Å². The summed E-state index contributed by atoms with van der Waals surface area (Å²) in [6.07, 6.45) is 0. The smallest absolute Gasteiger partial charge is 0.262 e. The van der Waals surface area contributed by atoms with Crippen LogP contribution in [0.15, 0.2) is 35.2 Å². The lowest BCUT2D eigenvalue weighted by Crippen LogP contribution is -2.16. The largest absolute Gasteiger partial charge is 0.399 e. The van der Waals surface area contributed by atoms with E-state index in [1.54, 1.807) is 25.1 Å². The minimum atomic E-state index is -3.99. The van der Waals surface area contributed by atoms with Crippen molar-refractivity contribution in [3.05, 3.63) is 52.3 Å². The molecule has 2 aromatic carbocycles. The third kappa shape index (κ3) is 3.11. The van der Waals surface area contributed by atoms with Crippen LogP contribution in [-0.2, 0) is 10.0 Å². The van der Waals surface area contributed by atoms with Gasteiger partial charge in [0.15, 0.2) is 0 Å². The molecule has 21 heavy (non-hydrogen) atoms. The Morgan fingerprint density at radius 1 is 1.24 bits per heavy atom. The van der Waals surface area contributed by atoms with Crippen molar-refractivity contribution < 1.29 is 12.8 Å². The van der Waals surface area contributed by atoms with Crippen molar-refractivity contribution in [3.63, 3.8) is 0 Å². The van der Waals surface area contributed by atoms with Crippen LogP contribution < -0.4 is 10.5 Å². The Balaban J connectivity index is 2.54. The second kappa shape index (κ2) is 5.54. The minimum absolute atomic E-state index is 0.00130. The number of hydrogen-bond acceptors (Lipinski definition) is 3. The van der Waals surface area contributed by atoms with Crippen molar-refractivity contribution in [2.75, 3.05) is 10.5 Å². The predicted molar refractivity (Wildman–Crippen MR) is 82.5 cm³/mol. The topological polar surface area (TPSA) is 72.2 Å². The van der Waals surface area contributed by atoms with Crippen molar-refractivity contribution in [2.24, 2.45) is 0 Å². The summed E-state index contributed by atoms with van der Waals surface area (Å²) >= 11 is 6.00. The molecule has 0 radical (unpaired) electrons. The summed E-state index contributed by atoms with van der Waals surface area (Å²) in [5, 5.41) is 0.264. The van der Waals surface area contributed by atoms with Crippen LogP contribution in [0.25, 0.3) is 0 Å². The maximum absolute atomic E-state index is 13.7. The van der Waals surface area contributed by atoms with E-state index in [-0.39, 0.29) is 26.9 Å². The van der Waals surface area contributed by atoms with Gasteiger partial charge in [0, 0.05) is 11.3 Å². The van der Waals surface area contributed by atoms with E-state index in [1.807, 2.05) is 0 Å². The fourth-order valence-electron chi connectivity index (χ4n) is 1.90. The van der Waals surface area contributed by atoms with Crippen molar-refractivity contribution in [3.8, 4) is 0 Å². The Labute approximate surface area is 127 Å². The van der Waals surface area contributed by atoms with Crippen LogP contribution in [0, 0.1) is 19.7 Å². The second-order valence-electron chi connectivity index (χ2n) is 4.66. The van der Waals surface area contributed by atoms with Gasteiger partial charge in [0.2, 0.25) is 0 Å². The molecule has 0 atom stereocenters. The van der Waals surface area contributed by atoms with Crippen LogP contribution in [-0.4, -0.2) is 8.42 Å². The Morgan fingerprint density at radius 3 is 2.52 bits per heavy atom. The number of para-hydroxylation sites is 1. The van der Waals surface area contributed by atoms with Crippen LogP contribution in [0.2, 0.25) is 5.02 Å². The van der Waals surface area contributed by atoms with Crippen LogP contribution >= 0.6 is 11.6 Å². The molecule has 0 heterocycles. The molecule has 0 aromatic heterocycles. The van der Waals surface area contributed by atoms with Crippen molar-refractivity contribution in [2.45, 2.75) is 18.7 Å². The van der Waals surface area contributed by atoms with Gasteiger partial charge in [-0.15, -0.1) is 0 Å². The van der Waals surface area contributed by atoms with Gasteiger partial charge in [0.05, 0.1) is 15.6 Å². The summed E-state index contributed by atoms with van der Waals surface area (Å²) in [4.78, 5) is -0.209. The van der Waals surface area contributed by atoms with Crippen LogP contribution in [0.5, 0.6) is 0 Å². The van der Waals surface area contributed by atoms with E-state index in [9.17, 15) is 12.8 Å². The van der Waals surface area contributed by atoms with Gasteiger partial charge in [-0.2, -0.15) is 0 Å². The van der Waals surface area contributed by atoms with E-state index >= 15 is 0 Å². The molecule has 0 aliphatic rings. The van der Waals surface area contributed by atoms with Crippen LogP contribution in [0.3, 0.4) is 0 Å². The fraction of sp³-hybridized carbons (Fsp3) is 0.143. The zero-order valence-corrected chi connectivity index (χ0v) is 13.0. The molecule has 0 unspecified atom stereocenters. The highest BCUT2D eigenvalue weighted by molar-refractivity contribution is 7.92. The van der Waals surface area contributed by atoms with E-state index in [2.05, 4.69) is 4.72 Å². The van der Waals surface area contributed by atoms with Crippen LogP contribution in [0.1, 0.15) is 11.1 Å². The van der Waals surface area contributed by atoms with Gasteiger partial charge in [-0.25, -0.2) is 12.8 Å². The summed E-state index contributed by atoms with van der Waals surface area (Å²) in [6.45, 7) is 3.10. The normalized spacial score (nSPS) is 11.4. The quantitative estimate of drug-likeness (QED) is 0.847. The average molecular weight is 329 g/mol. The van der Waals surface area contributed by atoms with Gasteiger partial charge in [0.1, 0.15) is 5.82 Å². The molecule has 0 bridgehead atoms. The molecule has 0 amide bonds. The number of rotatable bonds is 3. The predicted octanol–water partition coefficient (Wildman–Crippen LogP) is 3.48. The molecule has 2 rings (SSSR count). The first-order valence-electron chi connectivity index (χ1n) is 6.06. The third-order valence-corrected chi connectivity index (χ3v) is 4.86. The first-order valence-corrected chi connectivity index (χ1v) is 7.92. The lowest BCUT2D eigenvalue weighted by molar-refractivity contribution is 0.591. The molecule has 0 fully saturated rings. The lowest BCUT2D eigenvalue weighted by Gasteiger charge is -2.14. The summed E-state index contributed by atoms with van der Waals surface area (Å²) in [6, 6.07) is 7.29.